The molecule has 166 valence electrons. The number of carbonyl (C=O) groups is 1. The molecule has 0 aliphatic carbocycles. The Morgan fingerprint density at radius 1 is 1.12 bits per heavy atom. The molecule has 0 saturated carbocycles. The van der Waals surface area contributed by atoms with E-state index in [0.717, 1.165) is 42.7 Å². The summed E-state index contributed by atoms with van der Waals surface area (Å²) in [5, 5.41) is 4.86. The Hall–Kier alpha value is -3.44. The predicted molar refractivity (Wildman–Crippen MR) is 131 cm³/mol. The van der Waals surface area contributed by atoms with Crippen LogP contribution in [0.25, 0.3) is 22.2 Å². The standard InChI is InChI=1S/C28H28N4O/c1-18-15-30-27-23(18)14-22(16-31-27)21-12-20-9-11-32(28(33)19-6-3-2-4-7-19)17-25(20)24(13-21)26-8-5-10-29-26/h2-4,6-7,12-16,26,29H,5,8-11,17H2,1H3,(H,30,31)/t26-/m0/s1. The quantitative estimate of drug-likeness (QED) is 0.466. The second-order valence-corrected chi connectivity index (χ2v) is 9.29. The lowest BCUT2D eigenvalue weighted by Crippen LogP contribution is -2.37. The molecule has 1 atom stereocenters. The first-order valence-corrected chi connectivity index (χ1v) is 11.8. The summed E-state index contributed by atoms with van der Waals surface area (Å²) < 4.78 is 0. The van der Waals surface area contributed by atoms with Crippen molar-refractivity contribution in [1.29, 1.82) is 0 Å². The van der Waals surface area contributed by atoms with Crippen molar-refractivity contribution in [2.45, 2.75) is 38.8 Å². The van der Waals surface area contributed by atoms with Gasteiger partial charge in [0.1, 0.15) is 5.65 Å². The van der Waals surface area contributed by atoms with Gasteiger partial charge < -0.3 is 15.2 Å². The molecule has 2 aliphatic heterocycles. The summed E-state index contributed by atoms with van der Waals surface area (Å²) in [7, 11) is 0. The minimum atomic E-state index is 0.119. The Kier molecular flexibility index (Phi) is 4.99. The summed E-state index contributed by atoms with van der Waals surface area (Å²) in [6.07, 6.45) is 7.18. The number of hydrogen-bond donors (Lipinski definition) is 2. The Morgan fingerprint density at radius 3 is 2.82 bits per heavy atom. The molecule has 5 heteroatoms. The number of pyridine rings is 1. The van der Waals surface area contributed by atoms with Crippen molar-refractivity contribution in [1.82, 2.24) is 20.2 Å². The molecule has 33 heavy (non-hydrogen) atoms. The average Bonchev–Trinajstić information content (AvgIpc) is 3.53. The second-order valence-electron chi connectivity index (χ2n) is 9.29. The minimum Gasteiger partial charge on any atom is -0.346 e. The molecule has 4 heterocycles. The zero-order valence-corrected chi connectivity index (χ0v) is 18.9. The number of nitrogens with one attached hydrogen (secondary N) is 2. The van der Waals surface area contributed by atoms with Gasteiger partial charge in [0.15, 0.2) is 0 Å². The van der Waals surface area contributed by atoms with E-state index in [2.05, 4.69) is 40.4 Å². The van der Waals surface area contributed by atoms with E-state index in [9.17, 15) is 4.79 Å². The van der Waals surface area contributed by atoms with Crippen LogP contribution in [-0.2, 0) is 13.0 Å². The van der Waals surface area contributed by atoms with Crippen molar-refractivity contribution in [2.24, 2.45) is 0 Å². The van der Waals surface area contributed by atoms with E-state index in [1.165, 1.54) is 39.6 Å². The number of benzene rings is 2. The van der Waals surface area contributed by atoms with E-state index >= 15 is 0 Å². The van der Waals surface area contributed by atoms with Crippen LogP contribution in [0.1, 0.15) is 51.5 Å². The van der Waals surface area contributed by atoms with Gasteiger partial charge in [-0.25, -0.2) is 4.98 Å². The van der Waals surface area contributed by atoms with Crippen molar-refractivity contribution >= 4 is 16.9 Å². The number of hydrogen-bond acceptors (Lipinski definition) is 3. The van der Waals surface area contributed by atoms with Crippen LogP contribution in [-0.4, -0.2) is 33.9 Å². The number of rotatable bonds is 3. The number of aromatic amines is 1. The van der Waals surface area contributed by atoms with Crippen molar-refractivity contribution < 1.29 is 4.79 Å². The number of fused-ring (bicyclic) bond motifs is 2. The molecule has 1 amide bonds. The molecule has 4 aromatic rings. The molecule has 2 aromatic heterocycles. The zero-order chi connectivity index (χ0) is 22.4. The lowest BCUT2D eigenvalue weighted by Gasteiger charge is -2.32. The average molecular weight is 437 g/mol. The van der Waals surface area contributed by atoms with Gasteiger partial charge in [-0.05, 0) is 84.8 Å². The van der Waals surface area contributed by atoms with Crippen molar-refractivity contribution in [3.05, 3.63) is 88.7 Å². The first-order chi connectivity index (χ1) is 16.2. The van der Waals surface area contributed by atoms with Crippen LogP contribution in [0, 0.1) is 6.92 Å². The largest absolute Gasteiger partial charge is 0.346 e. The monoisotopic (exact) mass is 436 g/mol. The maximum absolute atomic E-state index is 13.2. The lowest BCUT2D eigenvalue weighted by molar-refractivity contribution is 0.0734. The third kappa shape index (κ3) is 3.62. The second kappa shape index (κ2) is 8.16. The molecule has 0 bridgehead atoms. The van der Waals surface area contributed by atoms with Gasteiger partial charge in [-0.15, -0.1) is 0 Å². The highest BCUT2D eigenvalue weighted by Crippen LogP contribution is 2.36. The van der Waals surface area contributed by atoms with Gasteiger partial charge >= 0.3 is 0 Å². The SMILES string of the molecule is Cc1c[nH]c2ncc(-c3cc4c(c([C@@H]5CCCN5)c3)CN(C(=O)c3ccccc3)CC4)cc12. The molecule has 1 saturated heterocycles. The number of H-pyrrole nitrogens is 1. The van der Waals surface area contributed by atoms with Crippen molar-refractivity contribution in [2.75, 3.05) is 13.1 Å². The van der Waals surface area contributed by atoms with Crippen LogP contribution >= 0.6 is 0 Å². The Morgan fingerprint density at radius 2 is 2.00 bits per heavy atom. The molecule has 0 unspecified atom stereocenters. The first kappa shape index (κ1) is 20.2. The fraction of sp³-hybridized carbons (Fsp3) is 0.286. The third-order valence-electron chi connectivity index (χ3n) is 7.19. The van der Waals surface area contributed by atoms with Crippen LogP contribution in [0.2, 0.25) is 0 Å². The predicted octanol–water partition coefficient (Wildman–Crippen LogP) is 5.16. The van der Waals surface area contributed by atoms with Crippen LogP contribution < -0.4 is 5.32 Å². The third-order valence-corrected chi connectivity index (χ3v) is 7.19. The highest BCUT2D eigenvalue weighted by molar-refractivity contribution is 5.94. The Bertz CT molecular complexity index is 1340. The molecule has 6 rings (SSSR count). The first-order valence-electron chi connectivity index (χ1n) is 11.8. The topological polar surface area (TPSA) is 61.0 Å². The number of aromatic nitrogens is 2. The summed E-state index contributed by atoms with van der Waals surface area (Å²) in [5.74, 6) is 0.119. The molecule has 1 fully saturated rings. The normalized spacial score (nSPS) is 18.0. The van der Waals surface area contributed by atoms with E-state index < -0.39 is 0 Å². The fourth-order valence-electron chi connectivity index (χ4n) is 5.35. The molecule has 2 aliphatic rings. The van der Waals surface area contributed by atoms with Crippen molar-refractivity contribution in [3.8, 4) is 11.1 Å². The summed E-state index contributed by atoms with van der Waals surface area (Å²) in [6.45, 7) is 4.58. The van der Waals surface area contributed by atoms with E-state index in [1.54, 1.807) is 0 Å². The zero-order valence-electron chi connectivity index (χ0n) is 18.9. The molecule has 5 nitrogen and oxygen atoms in total. The molecule has 2 N–H and O–H groups in total. The highest BCUT2D eigenvalue weighted by atomic mass is 16.2. The molecular weight excluding hydrogens is 408 g/mol. The Balaban J connectivity index is 1.41. The summed E-state index contributed by atoms with van der Waals surface area (Å²) in [5.41, 5.74) is 9.30. The number of amides is 1. The lowest BCUT2D eigenvalue weighted by atomic mass is 9.87. The number of nitrogens with zero attached hydrogens (tertiary/aromatic N) is 2. The number of carbonyl (C=O) groups excluding carboxylic acids is 1. The van der Waals surface area contributed by atoms with Gasteiger partial charge in [0.05, 0.1) is 0 Å². The Labute approximate surface area is 193 Å². The van der Waals surface area contributed by atoms with E-state index in [0.29, 0.717) is 12.6 Å². The molecule has 0 spiro atoms. The van der Waals surface area contributed by atoms with Crippen molar-refractivity contribution in [3.63, 3.8) is 0 Å². The van der Waals surface area contributed by atoms with Gasteiger partial charge in [-0.2, -0.15) is 0 Å². The van der Waals surface area contributed by atoms with Crippen LogP contribution in [0.4, 0.5) is 0 Å². The fourth-order valence-corrected chi connectivity index (χ4v) is 5.35. The summed E-state index contributed by atoms with van der Waals surface area (Å²) >= 11 is 0. The number of aryl methyl sites for hydroxylation is 1. The highest BCUT2D eigenvalue weighted by Gasteiger charge is 2.28. The molecule has 0 radical (unpaired) electrons. The van der Waals surface area contributed by atoms with E-state index in [1.807, 2.05) is 47.6 Å². The van der Waals surface area contributed by atoms with E-state index in [-0.39, 0.29) is 5.91 Å². The molecular formula is C28H28N4O. The maximum Gasteiger partial charge on any atom is 0.254 e. The summed E-state index contributed by atoms with van der Waals surface area (Å²) in [4.78, 5) is 23.1. The van der Waals surface area contributed by atoms with Crippen LogP contribution in [0.3, 0.4) is 0 Å². The maximum atomic E-state index is 13.2. The van der Waals surface area contributed by atoms with E-state index in [4.69, 9.17) is 0 Å². The van der Waals surface area contributed by atoms with Crippen LogP contribution in [0.5, 0.6) is 0 Å². The van der Waals surface area contributed by atoms with Gasteiger partial charge in [-0.3, -0.25) is 4.79 Å². The minimum absolute atomic E-state index is 0.119. The summed E-state index contributed by atoms with van der Waals surface area (Å²) in [6, 6.07) is 16.9. The van der Waals surface area contributed by atoms with Gasteiger partial charge in [0.25, 0.3) is 5.91 Å². The van der Waals surface area contributed by atoms with Gasteiger partial charge in [0.2, 0.25) is 0 Å². The molecule has 2 aromatic carbocycles. The van der Waals surface area contributed by atoms with Gasteiger partial charge in [-0.1, -0.05) is 24.3 Å². The van der Waals surface area contributed by atoms with Crippen LogP contribution in [0.15, 0.2) is 60.9 Å². The van der Waals surface area contributed by atoms with Gasteiger partial charge in [0, 0.05) is 48.0 Å². The smallest absolute Gasteiger partial charge is 0.254 e.